The Balaban J connectivity index is 2.63. The number of nitrogens with two attached hydrogens (primary N) is 1. The zero-order valence-corrected chi connectivity index (χ0v) is 6.73. The molecule has 1 heterocycles. The van der Waals surface area contributed by atoms with Crippen LogP contribution in [0.25, 0.3) is 0 Å². The maximum atomic E-state index is 12.1. The molecule has 0 saturated carbocycles. The van der Waals surface area contributed by atoms with Crippen molar-refractivity contribution in [2.24, 2.45) is 10.7 Å². The lowest BCUT2D eigenvalue weighted by atomic mass is 10.3. The molecule has 62 valence electrons. The fraction of sp³-hybridized carbons (Fsp3) is 0.500. The summed E-state index contributed by atoms with van der Waals surface area (Å²) in [5.41, 5.74) is 5.76. The molecular formula is C6H9FN2OS. The number of aliphatic imine (C=N–C) groups is 1. The van der Waals surface area contributed by atoms with Crippen LogP contribution in [0.15, 0.2) is 16.1 Å². The molecule has 2 N–H and O–H groups in total. The maximum Gasteiger partial charge on any atom is 0.0897 e. The molecular weight excluding hydrogens is 167 g/mol. The SMILES string of the molecule is N/C=C(/SF)C1=NCCOC1. The summed E-state index contributed by atoms with van der Waals surface area (Å²) in [5, 5.41) is 0. The summed E-state index contributed by atoms with van der Waals surface area (Å²) in [6.45, 7) is 1.56. The second-order valence-electron chi connectivity index (χ2n) is 1.99. The lowest BCUT2D eigenvalue weighted by molar-refractivity contribution is 0.171. The van der Waals surface area contributed by atoms with Gasteiger partial charge in [-0.15, -0.1) is 0 Å². The van der Waals surface area contributed by atoms with Crippen LogP contribution >= 0.6 is 12.1 Å². The largest absolute Gasteiger partial charge is 0.404 e. The second-order valence-corrected chi connectivity index (χ2v) is 2.58. The number of nitrogens with zero attached hydrogens (tertiary/aromatic N) is 1. The predicted molar refractivity (Wildman–Crippen MR) is 44.1 cm³/mol. The van der Waals surface area contributed by atoms with Gasteiger partial charge in [0.2, 0.25) is 0 Å². The van der Waals surface area contributed by atoms with Gasteiger partial charge in [0.05, 0.1) is 42.5 Å². The van der Waals surface area contributed by atoms with Crippen molar-refractivity contribution in [1.82, 2.24) is 0 Å². The molecule has 1 rings (SSSR count). The molecule has 0 amide bonds. The summed E-state index contributed by atoms with van der Waals surface area (Å²) in [4.78, 5) is 4.41. The molecule has 0 radical (unpaired) electrons. The van der Waals surface area contributed by atoms with Crippen molar-refractivity contribution in [3.8, 4) is 0 Å². The Kier molecular flexibility index (Phi) is 3.38. The van der Waals surface area contributed by atoms with E-state index in [2.05, 4.69) is 4.99 Å². The molecule has 0 aliphatic carbocycles. The van der Waals surface area contributed by atoms with E-state index in [1.165, 1.54) is 6.20 Å². The van der Waals surface area contributed by atoms with Gasteiger partial charge in [-0.25, -0.2) is 0 Å². The van der Waals surface area contributed by atoms with E-state index >= 15 is 0 Å². The summed E-state index contributed by atoms with van der Waals surface area (Å²) in [7, 11) is 0. The summed E-state index contributed by atoms with van der Waals surface area (Å²) < 4.78 is 17.1. The van der Waals surface area contributed by atoms with Gasteiger partial charge in [0.25, 0.3) is 0 Å². The van der Waals surface area contributed by atoms with Crippen LogP contribution in [0.2, 0.25) is 0 Å². The van der Waals surface area contributed by atoms with E-state index in [0.717, 1.165) is 0 Å². The fourth-order valence-electron chi connectivity index (χ4n) is 0.775. The average Bonchev–Trinajstić information content (AvgIpc) is 2.09. The number of ether oxygens (including phenoxy) is 1. The van der Waals surface area contributed by atoms with E-state index in [1.54, 1.807) is 0 Å². The molecule has 0 bridgehead atoms. The van der Waals surface area contributed by atoms with E-state index in [-0.39, 0.29) is 12.1 Å². The zero-order valence-electron chi connectivity index (χ0n) is 5.92. The normalized spacial score (nSPS) is 19.7. The van der Waals surface area contributed by atoms with Crippen molar-refractivity contribution < 1.29 is 8.62 Å². The molecule has 0 aromatic rings. The van der Waals surface area contributed by atoms with Gasteiger partial charge >= 0.3 is 0 Å². The highest BCUT2D eigenvalue weighted by atomic mass is 32.2. The van der Waals surface area contributed by atoms with Crippen molar-refractivity contribution in [2.45, 2.75) is 0 Å². The minimum absolute atomic E-state index is 0.102. The zero-order chi connectivity index (χ0) is 8.10. The third-order valence-corrected chi connectivity index (χ3v) is 1.83. The van der Waals surface area contributed by atoms with Gasteiger partial charge in [-0.3, -0.25) is 4.99 Å². The van der Waals surface area contributed by atoms with Crippen LogP contribution in [0.3, 0.4) is 0 Å². The number of hydrogen-bond acceptors (Lipinski definition) is 4. The summed E-state index contributed by atoms with van der Waals surface area (Å²) in [6, 6.07) is 0. The first-order valence-corrected chi connectivity index (χ1v) is 3.92. The second kappa shape index (κ2) is 4.35. The molecule has 1 aliphatic rings. The van der Waals surface area contributed by atoms with Crippen LogP contribution in [0.4, 0.5) is 3.89 Å². The quantitative estimate of drug-likeness (QED) is 0.679. The van der Waals surface area contributed by atoms with Crippen LogP contribution in [0, 0.1) is 0 Å². The molecule has 1 aliphatic heterocycles. The van der Waals surface area contributed by atoms with E-state index in [9.17, 15) is 3.89 Å². The van der Waals surface area contributed by atoms with Crippen LogP contribution < -0.4 is 5.73 Å². The summed E-state index contributed by atoms with van der Waals surface area (Å²) in [5.74, 6) is 0. The molecule has 11 heavy (non-hydrogen) atoms. The highest BCUT2D eigenvalue weighted by Gasteiger charge is 2.10. The van der Waals surface area contributed by atoms with Gasteiger partial charge in [-0.1, -0.05) is 0 Å². The first-order chi connectivity index (χ1) is 5.38. The van der Waals surface area contributed by atoms with Crippen LogP contribution in [-0.4, -0.2) is 25.5 Å². The monoisotopic (exact) mass is 176 g/mol. The van der Waals surface area contributed by atoms with Gasteiger partial charge in [-0.05, 0) is 0 Å². The van der Waals surface area contributed by atoms with Gasteiger partial charge in [0.15, 0.2) is 0 Å². The van der Waals surface area contributed by atoms with Crippen molar-refractivity contribution in [3.63, 3.8) is 0 Å². The number of rotatable bonds is 2. The smallest absolute Gasteiger partial charge is 0.0897 e. The molecule has 0 atom stereocenters. The Labute approximate surface area is 68.8 Å². The van der Waals surface area contributed by atoms with Crippen LogP contribution in [-0.2, 0) is 4.74 Å². The van der Waals surface area contributed by atoms with Gasteiger partial charge in [-0.2, -0.15) is 3.89 Å². The van der Waals surface area contributed by atoms with Crippen LogP contribution in [0.5, 0.6) is 0 Å². The Morgan fingerprint density at radius 1 is 1.82 bits per heavy atom. The van der Waals surface area contributed by atoms with Crippen molar-refractivity contribution in [2.75, 3.05) is 19.8 Å². The molecule has 0 spiro atoms. The maximum absolute atomic E-state index is 12.1. The van der Waals surface area contributed by atoms with Crippen molar-refractivity contribution >= 4 is 17.9 Å². The minimum Gasteiger partial charge on any atom is -0.404 e. The topological polar surface area (TPSA) is 47.6 Å². The molecule has 5 heteroatoms. The first-order valence-electron chi connectivity index (χ1n) is 3.20. The molecule has 0 saturated heterocycles. The fourth-order valence-corrected chi connectivity index (χ4v) is 1.04. The Morgan fingerprint density at radius 2 is 2.64 bits per heavy atom. The predicted octanol–water partition coefficient (Wildman–Crippen LogP) is 0.875. The van der Waals surface area contributed by atoms with Gasteiger partial charge in [0, 0.05) is 6.20 Å². The third kappa shape index (κ3) is 2.20. The Hall–Kier alpha value is -0.550. The van der Waals surface area contributed by atoms with E-state index < -0.39 is 0 Å². The average molecular weight is 176 g/mol. The van der Waals surface area contributed by atoms with Gasteiger partial charge < -0.3 is 10.5 Å². The minimum atomic E-state index is 0.102. The summed E-state index contributed by atoms with van der Waals surface area (Å²) >= 11 is 0.102. The molecule has 3 nitrogen and oxygen atoms in total. The van der Waals surface area contributed by atoms with Crippen molar-refractivity contribution in [1.29, 1.82) is 0 Å². The molecule has 0 unspecified atom stereocenters. The molecule has 0 fully saturated rings. The lowest BCUT2D eigenvalue weighted by Crippen LogP contribution is -2.19. The highest BCUT2D eigenvalue weighted by molar-refractivity contribution is 7.99. The Morgan fingerprint density at radius 3 is 3.09 bits per heavy atom. The van der Waals surface area contributed by atoms with Crippen molar-refractivity contribution in [3.05, 3.63) is 11.1 Å². The lowest BCUT2D eigenvalue weighted by Gasteiger charge is -2.11. The van der Waals surface area contributed by atoms with Crippen LogP contribution in [0.1, 0.15) is 0 Å². The highest BCUT2D eigenvalue weighted by Crippen LogP contribution is 2.18. The Bertz CT molecular complexity index is 193. The third-order valence-electron chi connectivity index (χ3n) is 1.30. The summed E-state index contributed by atoms with van der Waals surface area (Å²) in [6.07, 6.45) is 1.21. The standard InChI is InChI=1S/C6H9FN2OS/c7-11-6(3-8)5-4-10-2-1-9-5/h3H,1-2,4,8H2/b6-3+. The van der Waals surface area contributed by atoms with E-state index in [1.807, 2.05) is 0 Å². The number of halogens is 1. The van der Waals surface area contributed by atoms with E-state index in [4.69, 9.17) is 10.5 Å². The first kappa shape index (κ1) is 8.55. The molecule has 0 aromatic carbocycles. The molecule has 0 aromatic heterocycles. The van der Waals surface area contributed by atoms with Gasteiger partial charge in [0.1, 0.15) is 0 Å². The number of hydrogen-bond donors (Lipinski definition) is 1. The van der Waals surface area contributed by atoms with E-state index in [0.29, 0.717) is 30.4 Å².